The van der Waals surface area contributed by atoms with Crippen LogP contribution in [0.1, 0.15) is 25.5 Å². The number of hydrogen-bond acceptors (Lipinski definition) is 3. The molecule has 19 heavy (non-hydrogen) atoms. The Bertz CT molecular complexity index is 403. The standard InChI is InChI=1S/C14H21F2NOS/c1-4-19-9-10(2)17(3)8-14(18)12-6-5-11(15)7-13(12)16/h5-7,10,14,18H,4,8-9H2,1-3H3. The highest BCUT2D eigenvalue weighted by Crippen LogP contribution is 2.20. The smallest absolute Gasteiger partial charge is 0.131 e. The Labute approximate surface area is 117 Å². The minimum atomic E-state index is -0.945. The lowest BCUT2D eigenvalue weighted by molar-refractivity contribution is 0.110. The topological polar surface area (TPSA) is 23.5 Å². The third-order valence-corrected chi connectivity index (χ3v) is 4.22. The number of thioether (sulfide) groups is 1. The number of halogens is 2. The Morgan fingerprint density at radius 1 is 1.37 bits per heavy atom. The zero-order chi connectivity index (χ0) is 14.4. The van der Waals surface area contributed by atoms with Crippen LogP contribution in [0.4, 0.5) is 8.78 Å². The molecule has 2 atom stereocenters. The van der Waals surface area contributed by atoms with Gasteiger partial charge in [-0.3, -0.25) is 4.90 Å². The molecule has 0 saturated heterocycles. The number of rotatable bonds is 7. The van der Waals surface area contributed by atoms with Crippen molar-refractivity contribution in [3.05, 3.63) is 35.4 Å². The number of nitrogens with zero attached hydrogens (tertiary/aromatic N) is 1. The van der Waals surface area contributed by atoms with E-state index in [9.17, 15) is 13.9 Å². The highest BCUT2D eigenvalue weighted by atomic mass is 32.2. The van der Waals surface area contributed by atoms with Gasteiger partial charge in [0, 0.05) is 30.0 Å². The van der Waals surface area contributed by atoms with Crippen molar-refractivity contribution in [1.82, 2.24) is 4.90 Å². The quantitative estimate of drug-likeness (QED) is 0.834. The number of aliphatic hydroxyl groups is 1. The summed E-state index contributed by atoms with van der Waals surface area (Å²) in [7, 11) is 1.89. The van der Waals surface area contributed by atoms with Gasteiger partial charge in [-0.1, -0.05) is 13.0 Å². The first-order chi connectivity index (χ1) is 8.95. The van der Waals surface area contributed by atoms with Crippen LogP contribution in [0.5, 0.6) is 0 Å². The summed E-state index contributed by atoms with van der Waals surface area (Å²) in [5.74, 6) is 0.685. The lowest BCUT2D eigenvalue weighted by atomic mass is 10.1. The second kappa shape index (κ2) is 7.82. The second-order valence-electron chi connectivity index (χ2n) is 4.63. The molecule has 0 aliphatic heterocycles. The fourth-order valence-corrected chi connectivity index (χ4v) is 2.57. The number of hydrogen-bond donors (Lipinski definition) is 1. The molecule has 1 aromatic rings. The van der Waals surface area contributed by atoms with Crippen LogP contribution >= 0.6 is 11.8 Å². The molecule has 0 aromatic heterocycles. The Morgan fingerprint density at radius 2 is 2.05 bits per heavy atom. The average Bonchev–Trinajstić information content (AvgIpc) is 2.35. The zero-order valence-corrected chi connectivity index (χ0v) is 12.4. The SMILES string of the molecule is CCSCC(C)N(C)CC(O)c1ccc(F)cc1F. The highest BCUT2D eigenvalue weighted by Gasteiger charge is 2.18. The van der Waals surface area contributed by atoms with Crippen LogP contribution in [0.15, 0.2) is 18.2 Å². The van der Waals surface area contributed by atoms with Crippen molar-refractivity contribution < 1.29 is 13.9 Å². The zero-order valence-electron chi connectivity index (χ0n) is 11.6. The van der Waals surface area contributed by atoms with Crippen molar-refractivity contribution in [2.24, 2.45) is 0 Å². The van der Waals surface area contributed by atoms with Crippen LogP contribution in [0.2, 0.25) is 0 Å². The monoisotopic (exact) mass is 289 g/mol. The first kappa shape index (κ1) is 16.4. The van der Waals surface area contributed by atoms with Gasteiger partial charge in [-0.2, -0.15) is 11.8 Å². The number of aliphatic hydroxyl groups excluding tert-OH is 1. The van der Waals surface area contributed by atoms with E-state index in [1.807, 2.05) is 23.7 Å². The summed E-state index contributed by atoms with van der Waals surface area (Å²) in [4.78, 5) is 1.98. The summed E-state index contributed by atoms with van der Waals surface area (Å²) < 4.78 is 26.3. The van der Waals surface area contributed by atoms with Crippen LogP contribution in [-0.4, -0.2) is 41.1 Å². The lowest BCUT2D eigenvalue weighted by Crippen LogP contribution is -2.34. The molecule has 2 nitrogen and oxygen atoms in total. The van der Waals surface area contributed by atoms with E-state index in [1.54, 1.807) is 0 Å². The lowest BCUT2D eigenvalue weighted by Gasteiger charge is -2.27. The van der Waals surface area contributed by atoms with Gasteiger partial charge >= 0.3 is 0 Å². The molecule has 0 saturated carbocycles. The molecule has 0 bridgehead atoms. The van der Waals surface area contributed by atoms with E-state index < -0.39 is 17.7 Å². The van der Waals surface area contributed by atoms with E-state index >= 15 is 0 Å². The summed E-state index contributed by atoms with van der Waals surface area (Å²) in [5, 5.41) is 10.0. The predicted octanol–water partition coefficient (Wildman–Crippen LogP) is 3.07. The molecule has 1 N–H and O–H groups in total. The van der Waals surface area contributed by atoms with Crippen molar-refractivity contribution in [3.63, 3.8) is 0 Å². The van der Waals surface area contributed by atoms with Crippen LogP contribution in [-0.2, 0) is 0 Å². The summed E-state index contributed by atoms with van der Waals surface area (Å²) in [5.41, 5.74) is 0.142. The Hall–Kier alpha value is -0.650. The van der Waals surface area contributed by atoms with E-state index in [2.05, 4.69) is 13.8 Å². The molecule has 0 aliphatic rings. The van der Waals surface area contributed by atoms with Crippen LogP contribution in [0.25, 0.3) is 0 Å². The fourth-order valence-electron chi connectivity index (χ4n) is 1.74. The van der Waals surface area contributed by atoms with Gasteiger partial charge in [0.15, 0.2) is 0 Å². The van der Waals surface area contributed by atoms with Crippen LogP contribution in [0.3, 0.4) is 0 Å². The summed E-state index contributed by atoms with van der Waals surface area (Å²) in [6.07, 6.45) is -0.945. The summed E-state index contributed by atoms with van der Waals surface area (Å²) in [6, 6.07) is 3.56. The molecule has 0 spiro atoms. The molecule has 1 rings (SSSR count). The van der Waals surface area contributed by atoms with E-state index in [4.69, 9.17) is 0 Å². The number of benzene rings is 1. The maximum Gasteiger partial charge on any atom is 0.131 e. The average molecular weight is 289 g/mol. The van der Waals surface area contributed by atoms with Crippen molar-refractivity contribution in [3.8, 4) is 0 Å². The summed E-state index contributed by atoms with van der Waals surface area (Å²) in [6.45, 7) is 4.49. The highest BCUT2D eigenvalue weighted by molar-refractivity contribution is 7.99. The van der Waals surface area contributed by atoms with Gasteiger partial charge in [0.1, 0.15) is 11.6 Å². The number of likely N-dealkylation sites (N-methyl/N-ethyl adjacent to an activating group) is 1. The van der Waals surface area contributed by atoms with Crippen molar-refractivity contribution in [1.29, 1.82) is 0 Å². The molecule has 0 radical (unpaired) electrons. The van der Waals surface area contributed by atoms with Gasteiger partial charge < -0.3 is 5.11 Å². The minimum Gasteiger partial charge on any atom is -0.387 e. The normalized spacial score (nSPS) is 14.7. The van der Waals surface area contributed by atoms with E-state index in [1.165, 1.54) is 6.07 Å². The minimum absolute atomic E-state index is 0.142. The Balaban J connectivity index is 2.60. The molecule has 108 valence electrons. The Morgan fingerprint density at radius 3 is 2.63 bits per heavy atom. The van der Waals surface area contributed by atoms with Gasteiger partial charge in [-0.15, -0.1) is 0 Å². The van der Waals surface area contributed by atoms with Gasteiger partial charge in [-0.25, -0.2) is 8.78 Å². The van der Waals surface area contributed by atoms with Crippen molar-refractivity contribution >= 4 is 11.8 Å². The third kappa shape index (κ3) is 5.09. The van der Waals surface area contributed by atoms with Gasteiger partial charge in [0.25, 0.3) is 0 Å². The first-order valence-corrected chi connectivity index (χ1v) is 7.52. The maximum atomic E-state index is 13.5. The van der Waals surface area contributed by atoms with Crippen LogP contribution in [0, 0.1) is 11.6 Å². The van der Waals surface area contributed by atoms with Crippen molar-refractivity contribution in [2.75, 3.05) is 25.1 Å². The molecular formula is C14H21F2NOS. The first-order valence-electron chi connectivity index (χ1n) is 6.36. The van der Waals surface area contributed by atoms with Gasteiger partial charge in [0.05, 0.1) is 6.10 Å². The van der Waals surface area contributed by atoms with Gasteiger partial charge in [-0.05, 0) is 25.8 Å². The molecule has 0 aliphatic carbocycles. The van der Waals surface area contributed by atoms with E-state index in [0.29, 0.717) is 12.6 Å². The third-order valence-electron chi connectivity index (χ3n) is 3.10. The molecular weight excluding hydrogens is 268 g/mol. The fraction of sp³-hybridized carbons (Fsp3) is 0.571. The Kier molecular flexibility index (Phi) is 6.75. The predicted molar refractivity (Wildman–Crippen MR) is 76.4 cm³/mol. The second-order valence-corrected chi connectivity index (χ2v) is 5.95. The largest absolute Gasteiger partial charge is 0.387 e. The molecule has 5 heteroatoms. The molecule has 0 fully saturated rings. The van der Waals surface area contributed by atoms with E-state index in [0.717, 1.165) is 23.6 Å². The summed E-state index contributed by atoms with van der Waals surface area (Å²) >= 11 is 1.83. The molecule has 0 heterocycles. The van der Waals surface area contributed by atoms with Crippen LogP contribution < -0.4 is 0 Å². The maximum absolute atomic E-state index is 13.5. The molecule has 0 amide bonds. The van der Waals surface area contributed by atoms with Crippen molar-refractivity contribution in [2.45, 2.75) is 26.0 Å². The van der Waals surface area contributed by atoms with Gasteiger partial charge in [0.2, 0.25) is 0 Å². The molecule has 1 aromatic carbocycles. The van der Waals surface area contributed by atoms with E-state index in [-0.39, 0.29) is 5.56 Å². The molecule has 2 unspecified atom stereocenters.